The first-order valence-corrected chi connectivity index (χ1v) is 6.88. The van der Waals surface area contributed by atoms with Crippen molar-refractivity contribution in [1.29, 1.82) is 0 Å². The summed E-state index contributed by atoms with van der Waals surface area (Å²) in [5, 5.41) is 0.0123. The highest BCUT2D eigenvalue weighted by molar-refractivity contribution is 7.93. The summed E-state index contributed by atoms with van der Waals surface area (Å²) in [5.41, 5.74) is 0.591. The van der Waals surface area contributed by atoms with Crippen molar-refractivity contribution in [2.24, 2.45) is 0 Å². The van der Waals surface area contributed by atoms with E-state index in [4.69, 9.17) is 11.6 Å². The number of fused-ring (bicyclic) bond motifs is 1. The van der Waals surface area contributed by atoms with E-state index in [0.29, 0.717) is 5.52 Å². The maximum Gasteiger partial charge on any atom is 0.322 e. The predicted molar refractivity (Wildman–Crippen MR) is 66.1 cm³/mol. The number of rotatable bonds is 4. The maximum atomic E-state index is 11.6. The van der Waals surface area contributed by atoms with Crippen LogP contribution in [0.5, 0.6) is 0 Å². The minimum atomic E-state index is -3.96. The molecule has 11 heteroatoms. The smallest absolute Gasteiger partial charge is 0.322 e. The largest absolute Gasteiger partial charge is 0.468 e. The van der Waals surface area contributed by atoms with Gasteiger partial charge in [-0.1, -0.05) is 11.6 Å². The highest BCUT2D eigenvalue weighted by Gasteiger charge is 2.19. The number of hydrogen-bond donors (Lipinski definition) is 2. The van der Waals surface area contributed by atoms with E-state index in [0.717, 1.165) is 7.11 Å². The van der Waals surface area contributed by atoms with Crippen LogP contribution in [0.2, 0.25) is 5.15 Å². The van der Waals surface area contributed by atoms with Crippen LogP contribution in [0, 0.1) is 0 Å². The second-order valence-electron chi connectivity index (χ2n) is 3.38. The molecule has 0 aliphatic rings. The summed E-state index contributed by atoms with van der Waals surface area (Å²) in [7, 11) is -2.88. The fourth-order valence-electron chi connectivity index (χ4n) is 1.23. The van der Waals surface area contributed by atoms with Crippen molar-refractivity contribution >= 4 is 44.7 Å². The molecule has 2 aromatic heterocycles. The average Bonchev–Trinajstić information content (AvgIpc) is 2.76. The normalized spacial score (nSPS) is 11.5. The van der Waals surface area contributed by atoms with Crippen LogP contribution in [0.3, 0.4) is 0 Å². The van der Waals surface area contributed by atoms with Crippen molar-refractivity contribution < 1.29 is 17.9 Å². The van der Waals surface area contributed by atoms with E-state index < -0.39 is 21.7 Å². The van der Waals surface area contributed by atoms with E-state index >= 15 is 0 Å². The Labute approximate surface area is 112 Å². The zero-order chi connectivity index (χ0) is 14.0. The number of halogens is 1. The van der Waals surface area contributed by atoms with Gasteiger partial charge >= 0.3 is 5.97 Å². The highest BCUT2D eigenvalue weighted by Crippen LogP contribution is 2.18. The van der Waals surface area contributed by atoms with Gasteiger partial charge in [-0.3, -0.25) is 9.52 Å². The van der Waals surface area contributed by atoms with Crippen LogP contribution in [0.15, 0.2) is 6.33 Å². The van der Waals surface area contributed by atoms with Gasteiger partial charge in [0.25, 0.3) is 0 Å². The van der Waals surface area contributed by atoms with Gasteiger partial charge in [-0.25, -0.2) is 13.4 Å². The molecule has 0 bridgehead atoms. The molecule has 2 aromatic rings. The van der Waals surface area contributed by atoms with Gasteiger partial charge in [-0.2, -0.15) is 9.97 Å². The lowest BCUT2D eigenvalue weighted by Crippen LogP contribution is -2.24. The molecule has 0 aliphatic carbocycles. The minimum absolute atomic E-state index is 0.0123. The van der Waals surface area contributed by atoms with Crippen molar-refractivity contribution in [3.8, 4) is 0 Å². The molecule has 2 N–H and O–H groups in total. The standard InChI is InChI=1S/C8H8ClN5O4S/c1-18-4(15)2-19(16,17)14-8-12-6(9)5-7(13-8)11-3-10-5/h3H,2H2,1H3,(H2,10,11,12,13,14). The summed E-state index contributed by atoms with van der Waals surface area (Å²) >= 11 is 5.82. The van der Waals surface area contributed by atoms with Crippen molar-refractivity contribution in [1.82, 2.24) is 19.9 Å². The summed E-state index contributed by atoms with van der Waals surface area (Å²) in [6.45, 7) is 0. The minimum Gasteiger partial charge on any atom is -0.468 e. The quantitative estimate of drug-likeness (QED) is 0.597. The molecule has 102 valence electrons. The van der Waals surface area contributed by atoms with Crippen LogP contribution < -0.4 is 4.72 Å². The number of anilines is 1. The Hall–Kier alpha value is -1.94. The Morgan fingerprint density at radius 2 is 2.26 bits per heavy atom. The van der Waals surface area contributed by atoms with Crippen LogP contribution in [-0.2, 0) is 19.6 Å². The van der Waals surface area contributed by atoms with Gasteiger partial charge in [0, 0.05) is 0 Å². The predicted octanol–water partition coefficient (Wildman–Crippen LogP) is -0.0790. The van der Waals surface area contributed by atoms with E-state index in [1.165, 1.54) is 6.33 Å². The van der Waals surface area contributed by atoms with Gasteiger partial charge in [0.2, 0.25) is 16.0 Å². The van der Waals surface area contributed by atoms with E-state index in [1.54, 1.807) is 0 Å². The highest BCUT2D eigenvalue weighted by atomic mass is 35.5. The first kappa shape index (κ1) is 13.5. The molecular weight excluding hydrogens is 298 g/mol. The topological polar surface area (TPSA) is 127 Å². The van der Waals surface area contributed by atoms with Gasteiger partial charge < -0.3 is 9.72 Å². The molecule has 0 atom stereocenters. The van der Waals surface area contributed by atoms with Crippen LogP contribution >= 0.6 is 11.6 Å². The number of nitrogens with zero attached hydrogens (tertiary/aromatic N) is 3. The summed E-state index contributed by atoms with van der Waals surface area (Å²) in [6.07, 6.45) is 1.35. The average molecular weight is 306 g/mol. The van der Waals surface area contributed by atoms with Crippen molar-refractivity contribution in [2.75, 3.05) is 17.6 Å². The first-order chi connectivity index (χ1) is 8.91. The molecule has 0 aromatic carbocycles. The van der Waals surface area contributed by atoms with Crippen molar-refractivity contribution in [3.63, 3.8) is 0 Å². The molecular formula is C8H8ClN5O4S. The Balaban J connectivity index is 2.28. The number of carbonyl (C=O) groups is 1. The number of hydrogen-bond acceptors (Lipinski definition) is 7. The van der Waals surface area contributed by atoms with Crippen LogP contribution in [-0.4, -0.2) is 47.2 Å². The number of methoxy groups -OCH3 is 1. The SMILES string of the molecule is COC(=O)CS(=O)(=O)Nc1nc(Cl)c2[nH]cnc2n1. The molecule has 0 aliphatic heterocycles. The lowest BCUT2D eigenvalue weighted by atomic mass is 10.6. The number of esters is 1. The lowest BCUT2D eigenvalue weighted by Gasteiger charge is -2.05. The van der Waals surface area contributed by atoms with Crippen LogP contribution in [0.4, 0.5) is 5.95 Å². The molecule has 19 heavy (non-hydrogen) atoms. The Kier molecular flexibility index (Phi) is 3.53. The Morgan fingerprint density at radius 1 is 1.53 bits per heavy atom. The number of aromatic nitrogens is 4. The van der Waals surface area contributed by atoms with Crippen molar-refractivity contribution in [2.45, 2.75) is 0 Å². The summed E-state index contributed by atoms with van der Waals surface area (Å²) in [4.78, 5) is 25.0. The van der Waals surface area contributed by atoms with Crippen LogP contribution in [0.1, 0.15) is 0 Å². The zero-order valence-electron chi connectivity index (χ0n) is 9.55. The van der Waals surface area contributed by atoms with Gasteiger partial charge in [0.15, 0.2) is 16.6 Å². The molecule has 2 rings (SSSR count). The Morgan fingerprint density at radius 3 is 2.95 bits per heavy atom. The number of ether oxygens (including phenoxy) is 1. The Bertz CT molecular complexity index is 728. The van der Waals surface area contributed by atoms with Gasteiger partial charge in [0.05, 0.1) is 13.4 Å². The fourth-order valence-corrected chi connectivity index (χ4v) is 2.32. The molecule has 0 saturated carbocycles. The molecule has 0 saturated heterocycles. The third kappa shape index (κ3) is 3.09. The number of imidazole rings is 1. The second kappa shape index (κ2) is 4.97. The van der Waals surface area contributed by atoms with Gasteiger partial charge in [-0.15, -0.1) is 0 Å². The van der Waals surface area contributed by atoms with Gasteiger partial charge in [-0.05, 0) is 0 Å². The monoisotopic (exact) mass is 305 g/mol. The number of nitrogens with one attached hydrogen (secondary N) is 2. The maximum absolute atomic E-state index is 11.6. The van der Waals surface area contributed by atoms with E-state index in [2.05, 4.69) is 24.7 Å². The van der Waals surface area contributed by atoms with E-state index in [1.807, 2.05) is 4.72 Å². The molecule has 0 radical (unpaired) electrons. The third-order valence-electron chi connectivity index (χ3n) is 2.02. The fraction of sp³-hybridized carbons (Fsp3) is 0.250. The molecule has 0 amide bonds. The molecule has 0 unspecified atom stereocenters. The molecule has 0 spiro atoms. The number of sulfonamides is 1. The second-order valence-corrected chi connectivity index (χ2v) is 5.46. The lowest BCUT2D eigenvalue weighted by molar-refractivity contribution is -0.137. The summed E-state index contributed by atoms with van der Waals surface area (Å²) in [6, 6.07) is 0. The van der Waals surface area contributed by atoms with Gasteiger partial charge in [0.1, 0.15) is 5.52 Å². The van der Waals surface area contributed by atoms with Crippen molar-refractivity contribution in [3.05, 3.63) is 11.5 Å². The van der Waals surface area contributed by atoms with E-state index in [9.17, 15) is 13.2 Å². The number of carbonyl (C=O) groups excluding carboxylic acids is 1. The zero-order valence-corrected chi connectivity index (χ0v) is 11.1. The third-order valence-corrected chi connectivity index (χ3v) is 3.41. The van der Waals surface area contributed by atoms with E-state index in [-0.39, 0.29) is 16.7 Å². The molecule has 0 fully saturated rings. The first-order valence-electron chi connectivity index (χ1n) is 4.85. The summed E-state index contributed by atoms with van der Waals surface area (Å²) < 4.78 is 29.5. The number of H-pyrrole nitrogens is 1. The molecule has 2 heterocycles. The number of aromatic amines is 1. The molecule has 9 nitrogen and oxygen atoms in total. The van der Waals surface area contributed by atoms with Crippen LogP contribution in [0.25, 0.3) is 11.2 Å². The summed E-state index contributed by atoms with van der Waals surface area (Å²) in [5.74, 6) is -2.02.